The number of ether oxygens (including phenoxy) is 2. The van der Waals surface area contributed by atoms with Crippen molar-refractivity contribution < 1.29 is 19.4 Å². The third-order valence-corrected chi connectivity index (χ3v) is 6.16. The summed E-state index contributed by atoms with van der Waals surface area (Å²) < 4.78 is 11.3. The third-order valence-electron chi connectivity index (χ3n) is 6.16. The number of rotatable bonds is 3. The van der Waals surface area contributed by atoms with Crippen LogP contribution in [0.2, 0.25) is 0 Å². The van der Waals surface area contributed by atoms with Crippen LogP contribution in [0.5, 0.6) is 0 Å². The molecule has 1 aromatic rings. The van der Waals surface area contributed by atoms with E-state index in [1.165, 1.54) is 0 Å². The normalized spacial score (nSPS) is 35.1. The van der Waals surface area contributed by atoms with Gasteiger partial charge in [0, 0.05) is 49.8 Å². The average Bonchev–Trinajstić information content (AvgIpc) is 3.09. The fourth-order valence-electron chi connectivity index (χ4n) is 4.78. The Morgan fingerprint density at radius 3 is 3.12 bits per heavy atom. The number of H-pyrrole nitrogens is 1. The lowest BCUT2D eigenvalue weighted by molar-refractivity contribution is -0.212. The molecule has 3 aliphatic rings. The molecule has 0 aliphatic carbocycles. The van der Waals surface area contributed by atoms with Crippen LogP contribution in [0.1, 0.15) is 42.2 Å². The van der Waals surface area contributed by atoms with Gasteiger partial charge < -0.3 is 19.5 Å². The predicted molar refractivity (Wildman–Crippen MR) is 90.2 cm³/mol. The zero-order valence-electron chi connectivity index (χ0n) is 14.7. The molecule has 4 rings (SSSR count). The predicted octanol–water partition coefficient (Wildman–Crippen LogP) is 0.991. The molecular weight excluding hydrogens is 322 g/mol. The highest BCUT2D eigenvalue weighted by Gasteiger charge is 2.56. The number of aromatic amines is 1. The van der Waals surface area contributed by atoms with E-state index in [1.807, 2.05) is 4.90 Å². The Morgan fingerprint density at radius 1 is 1.44 bits per heavy atom. The number of carbonyl (C=O) groups excluding carboxylic acids is 1. The van der Waals surface area contributed by atoms with Crippen molar-refractivity contribution in [2.24, 2.45) is 11.8 Å². The van der Waals surface area contributed by atoms with Crippen LogP contribution in [0.15, 0.2) is 6.20 Å². The van der Waals surface area contributed by atoms with Gasteiger partial charge in [-0.15, -0.1) is 0 Å². The minimum Gasteiger partial charge on any atom is -0.389 e. The van der Waals surface area contributed by atoms with Gasteiger partial charge in [0.2, 0.25) is 0 Å². The Kier molecular flexibility index (Phi) is 4.56. The maximum absolute atomic E-state index is 13.3. The van der Waals surface area contributed by atoms with Crippen LogP contribution < -0.4 is 0 Å². The van der Waals surface area contributed by atoms with Gasteiger partial charge in [0.15, 0.2) is 0 Å². The van der Waals surface area contributed by atoms with Crippen molar-refractivity contribution in [2.75, 3.05) is 33.0 Å². The van der Waals surface area contributed by atoms with Gasteiger partial charge in [-0.3, -0.25) is 9.89 Å². The number of aliphatic hydroxyl groups is 1. The molecule has 0 aromatic carbocycles. The van der Waals surface area contributed by atoms with E-state index >= 15 is 0 Å². The van der Waals surface area contributed by atoms with Gasteiger partial charge >= 0.3 is 0 Å². The van der Waals surface area contributed by atoms with Gasteiger partial charge in [-0.1, -0.05) is 13.3 Å². The second-order valence-electron chi connectivity index (χ2n) is 7.52. The number of fused-ring (bicyclic) bond motifs is 3. The van der Waals surface area contributed by atoms with Gasteiger partial charge in [0.1, 0.15) is 0 Å². The molecule has 138 valence electrons. The molecule has 2 N–H and O–H groups in total. The summed E-state index contributed by atoms with van der Waals surface area (Å²) >= 11 is 0. The number of hydrogen-bond donors (Lipinski definition) is 2. The first-order chi connectivity index (χ1) is 12.1. The number of aryl methyl sites for hydroxylation is 1. The van der Waals surface area contributed by atoms with Gasteiger partial charge in [0.25, 0.3) is 5.91 Å². The number of aromatic nitrogens is 2. The van der Waals surface area contributed by atoms with E-state index in [9.17, 15) is 9.90 Å². The quantitative estimate of drug-likeness (QED) is 0.850. The lowest BCUT2D eigenvalue weighted by Crippen LogP contribution is -2.68. The minimum atomic E-state index is -0.789. The molecule has 0 unspecified atom stereocenters. The van der Waals surface area contributed by atoms with Gasteiger partial charge in [-0.05, 0) is 12.8 Å². The standard InChI is InChI=1S/C18H27N3O4/c1-2-3-15-13(8-19-20-15)17(22)21-9-12-10-25-7-5-18(12,23)14-11-24-6-4-16(14)21/h8,12,14,16,23H,2-7,9-11H2,1H3,(H,19,20)/t12-,14+,16-,18-/m0/s1. The van der Waals surface area contributed by atoms with Crippen LogP contribution >= 0.6 is 0 Å². The topological polar surface area (TPSA) is 87.7 Å². The fourth-order valence-corrected chi connectivity index (χ4v) is 4.78. The molecule has 1 aromatic heterocycles. The molecule has 3 saturated heterocycles. The third kappa shape index (κ3) is 2.78. The van der Waals surface area contributed by atoms with E-state index in [0.29, 0.717) is 45.0 Å². The summed E-state index contributed by atoms with van der Waals surface area (Å²) in [5, 5.41) is 18.4. The molecule has 1 amide bonds. The highest BCUT2D eigenvalue weighted by molar-refractivity contribution is 5.95. The molecule has 3 aliphatic heterocycles. The highest BCUT2D eigenvalue weighted by atomic mass is 16.5. The first-order valence-electron chi connectivity index (χ1n) is 9.36. The Morgan fingerprint density at radius 2 is 2.28 bits per heavy atom. The maximum Gasteiger partial charge on any atom is 0.257 e. The largest absolute Gasteiger partial charge is 0.389 e. The molecule has 25 heavy (non-hydrogen) atoms. The number of piperidine rings is 1. The highest BCUT2D eigenvalue weighted by Crippen LogP contribution is 2.44. The van der Waals surface area contributed by atoms with Crippen molar-refractivity contribution in [1.82, 2.24) is 15.1 Å². The molecule has 7 nitrogen and oxygen atoms in total. The van der Waals surface area contributed by atoms with E-state index in [1.54, 1.807) is 6.20 Å². The van der Waals surface area contributed by atoms with Crippen LogP contribution in [-0.2, 0) is 15.9 Å². The Balaban J connectivity index is 1.64. The summed E-state index contributed by atoms with van der Waals surface area (Å²) in [6.45, 7) is 4.84. The number of nitrogens with one attached hydrogen (secondary N) is 1. The summed E-state index contributed by atoms with van der Waals surface area (Å²) in [4.78, 5) is 15.2. The average molecular weight is 349 g/mol. The van der Waals surface area contributed by atoms with E-state index < -0.39 is 5.60 Å². The van der Waals surface area contributed by atoms with Crippen LogP contribution in [-0.4, -0.2) is 70.7 Å². The van der Waals surface area contributed by atoms with E-state index in [2.05, 4.69) is 17.1 Å². The van der Waals surface area contributed by atoms with E-state index in [4.69, 9.17) is 9.47 Å². The Labute approximate surface area is 147 Å². The summed E-state index contributed by atoms with van der Waals surface area (Å²) in [5.41, 5.74) is 0.772. The number of nitrogens with zero attached hydrogens (tertiary/aromatic N) is 2. The monoisotopic (exact) mass is 349 g/mol. The zero-order chi connectivity index (χ0) is 17.4. The van der Waals surface area contributed by atoms with Crippen LogP contribution in [0.4, 0.5) is 0 Å². The molecule has 0 bridgehead atoms. The first kappa shape index (κ1) is 17.0. The Bertz CT molecular complexity index is 634. The smallest absolute Gasteiger partial charge is 0.257 e. The van der Waals surface area contributed by atoms with Crippen LogP contribution in [0, 0.1) is 11.8 Å². The van der Waals surface area contributed by atoms with Crippen molar-refractivity contribution in [3.05, 3.63) is 17.5 Å². The summed E-state index contributed by atoms with van der Waals surface area (Å²) in [5.74, 6) is -0.0919. The summed E-state index contributed by atoms with van der Waals surface area (Å²) in [7, 11) is 0. The molecule has 0 spiro atoms. The van der Waals surface area contributed by atoms with E-state index in [0.717, 1.165) is 25.0 Å². The minimum absolute atomic E-state index is 0.0155. The van der Waals surface area contributed by atoms with Crippen molar-refractivity contribution >= 4 is 5.91 Å². The number of carbonyl (C=O) groups is 1. The summed E-state index contributed by atoms with van der Waals surface area (Å²) in [6, 6.07) is 0.0185. The molecule has 0 saturated carbocycles. The first-order valence-corrected chi connectivity index (χ1v) is 9.36. The Hall–Kier alpha value is -1.44. The second kappa shape index (κ2) is 6.70. The van der Waals surface area contributed by atoms with Gasteiger partial charge in [0.05, 0.1) is 30.6 Å². The van der Waals surface area contributed by atoms with Crippen molar-refractivity contribution in [1.29, 1.82) is 0 Å². The lowest BCUT2D eigenvalue weighted by atomic mass is 9.66. The molecule has 3 fully saturated rings. The maximum atomic E-state index is 13.3. The number of amides is 1. The van der Waals surface area contributed by atoms with Crippen LogP contribution in [0.3, 0.4) is 0 Å². The lowest BCUT2D eigenvalue weighted by Gasteiger charge is -2.57. The van der Waals surface area contributed by atoms with Crippen molar-refractivity contribution in [2.45, 2.75) is 44.2 Å². The molecule has 4 atom stereocenters. The SMILES string of the molecule is CCCc1[nH]ncc1C(=O)N1C[C@H]2COCC[C@@]2(O)[C@@H]2COCC[C@@H]21. The van der Waals surface area contributed by atoms with Gasteiger partial charge in [-0.2, -0.15) is 5.10 Å². The molecule has 4 heterocycles. The second-order valence-corrected chi connectivity index (χ2v) is 7.52. The molecule has 7 heteroatoms. The summed E-state index contributed by atoms with van der Waals surface area (Å²) in [6.07, 6.45) is 4.80. The fraction of sp³-hybridized carbons (Fsp3) is 0.778. The number of hydrogen-bond acceptors (Lipinski definition) is 5. The molecule has 0 radical (unpaired) electrons. The van der Waals surface area contributed by atoms with Gasteiger partial charge in [-0.25, -0.2) is 0 Å². The van der Waals surface area contributed by atoms with Crippen LogP contribution in [0.25, 0.3) is 0 Å². The molecular formula is C18H27N3O4. The van der Waals surface area contributed by atoms with Crippen molar-refractivity contribution in [3.8, 4) is 0 Å². The van der Waals surface area contributed by atoms with E-state index in [-0.39, 0.29) is 23.8 Å². The zero-order valence-corrected chi connectivity index (χ0v) is 14.7. The number of likely N-dealkylation sites (tertiary alicyclic amines) is 1. The van der Waals surface area contributed by atoms with Crippen molar-refractivity contribution in [3.63, 3.8) is 0 Å².